The molecule has 0 spiro atoms. The van der Waals surface area contributed by atoms with Gasteiger partial charge in [-0.25, -0.2) is 4.79 Å². The molecule has 0 unspecified atom stereocenters. The summed E-state index contributed by atoms with van der Waals surface area (Å²) in [5, 5.41) is 13.9. The summed E-state index contributed by atoms with van der Waals surface area (Å²) in [6.07, 6.45) is -0.520. The molecule has 18 heavy (non-hydrogen) atoms. The van der Waals surface area contributed by atoms with Crippen LogP contribution >= 0.6 is 0 Å². The number of aromatic nitrogens is 4. The molecule has 2 rings (SSSR count). The maximum atomic E-state index is 11.0. The summed E-state index contributed by atoms with van der Waals surface area (Å²) in [6, 6.07) is 7.75. The van der Waals surface area contributed by atoms with Crippen molar-refractivity contribution in [2.75, 3.05) is 7.11 Å². The molecule has 1 aromatic heterocycles. The number of benzene rings is 1. The number of rotatable bonds is 3. The Hall–Kier alpha value is -2.44. The van der Waals surface area contributed by atoms with E-state index >= 15 is 0 Å². The standard InChI is InChI=1S/C11H13N5O2/c1-8-3-5-9(6-4-8)16-10(13-14-15-16)7-12-11(17)18-2/h3-6H,7H2,1-2H3,(H,12,17). The lowest BCUT2D eigenvalue weighted by molar-refractivity contribution is 0.170. The number of aryl methyl sites for hydroxylation is 1. The Morgan fingerprint density at radius 1 is 1.39 bits per heavy atom. The Bertz CT molecular complexity index is 535. The van der Waals surface area contributed by atoms with Crippen molar-refractivity contribution in [3.63, 3.8) is 0 Å². The molecule has 0 aliphatic rings. The van der Waals surface area contributed by atoms with Crippen molar-refractivity contribution in [2.45, 2.75) is 13.5 Å². The maximum Gasteiger partial charge on any atom is 0.407 e. The first-order valence-corrected chi connectivity index (χ1v) is 5.37. The fourth-order valence-electron chi connectivity index (χ4n) is 1.43. The summed E-state index contributed by atoms with van der Waals surface area (Å²) in [7, 11) is 1.30. The van der Waals surface area contributed by atoms with Crippen LogP contribution in [0.3, 0.4) is 0 Å². The zero-order valence-electron chi connectivity index (χ0n) is 10.1. The quantitative estimate of drug-likeness (QED) is 0.868. The first-order valence-electron chi connectivity index (χ1n) is 5.37. The molecule has 0 fully saturated rings. The van der Waals surface area contributed by atoms with E-state index in [1.165, 1.54) is 7.11 Å². The van der Waals surface area contributed by atoms with Crippen molar-refractivity contribution in [1.29, 1.82) is 0 Å². The zero-order valence-corrected chi connectivity index (χ0v) is 10.1. The smallest absolute Gasteiger partial charge is 0.407 e. The second-order valence-electron chi connectivity index (χ2n) is 3.69. The molecule has 0 bridgehead atoms. The number of tetrazole rings is 1. The molecule has 94 valence electrons. The van der Waals surface area contributed by atoms with Gasteiger partial charge in [0.05, 0.1) is 19.3 Å². The molecule has 0 aliphatic carbocycles. The Morgan fingerprint density at radius 2 is 2.11 bits per heavy atom. The minimum absolute atomic E-state index is 0.202. The summed E-state index contributed by atoms with van der Waals surface area (Å²) in [5.74, 6) is 0.532. The van der Waals surface area contributed by atoms with E-state index in [-0.39, 0.29) is 6.54 Å². The van der Waals surface area contributed by atoms with Gasteiger partial charge in [-0.15, -0.1) is 5.10 Å². The van der Waals surface area contributed by atoms with Crippen LogP contribution in [-0.4, -0.2) is 33.4 Å². The Labute approximate surface area is 104 Å². The number of methoxy groups -OCH3 is 1. The highest BCUT2D eigenvalue weighted by Gasteiger charge is 2.09. The summed E-state index contributed by atoms with van der Waals surface area (Å²) in [5.41, 5.74) is 1.99. The monoisotopic (exact) mass is 247 g/mol. The van der Waals surface area contributed by atoms with Crippen molar-refractivity contribution >= 4 is 6.09 Å². The van der Waals surface area contributed by atoms with Gasteiger partial charge in [0.25, 0.3) is 0 Å². The fourth-order valence-corrected chi connectivity index (χ4v) is 1.43. The van der Waals surface area contributed by atoms with E-state index < -0.39 is 6.09 Å². The zero-order chi connectivity index (χ0) is 13.0. The second kappa shape index (κ2) is 5.26. The van der Waals surface area contributed by atoms with Gasteiger partial charge in [0, 0.05) is 0 Å². The lowest BCUT2D eigenvalue weighted by Gasteiger charge is -2.05. The summed E-state index contributed by atoms with van der Waals surface area (Å²) >= 11 is 0. The molecule has 7 nitrogen and oxygen atoms in total. The molecule has 0 radical (unpaired) electrons. The largest absolute Gasteiger partial charge is 0.453 e. The second-order valence-corrected chi connectivity index (χ2v) is 3.69. The molecule has 0 aliphatic heterocycles. The van der Waals surface area contributed by atoms with Crippen LogP contribution in [0.1, 0.15) is 11.4 Å². The number of carbonyl (C=O) groups excluding carboxylic acids is 1. The molecular weight excluding hydrogens is 234 g/mol. The number of alkyl carbamates (subject to hydrolysis) is 1. The van der Waals surface area contributed by atoms with E-state index in [0.29, 0.717) is 5.82 Å². The molecule has 0 atom stereocenters. The minimum atomic E-state index is -0.520. The maximum absolute atomic E-state index is 11.0. The molecule has 1 aromatic carbocycles. The van der Waals surface area contributed by atoms with Crippen molar-refractivity contribution in [3.05, 3.63) is 35.7 Å². The summed E-state index contributed by atoms with van der Waals surface area (Å²) in [4.78, 5) is 11.0. The molecule has 1 N–H and O–H groups in total. The van der Waals surface area contributed by atoms with Gasteiger partial charge in [-0.1, -0.05) is 17.7 Å². The Kier molecular flexibility index (Phi) is 3.52. The topological polar surface area (TPSA) is 81.9 Å². The number of ether oxygens (including phenoxy) is 1. The van der Waals surface area contributed by atoms with E-state index in [2.05, 4.69) is 25.6 Å². The third kappa shape index (κ3) is 2.62. The number of hydrogen-bond acceptors (Lipinski definition) is 5. The van der Waals surface area contributed by atoms with E-state index in [4.69, 9.17) is 0 Å². The van der Waals surface area contributed by atoms with E-state index in [1.54, 1.807) is 4.68 Å². The van der Waals surface area contributed by atoms with Gasteiger partial charge in [-0.3, -0.25) is 0 Å². The van der Waals surface area contributed by atoms with E-state index in [1.807, 2.05) is 31.2 Å². The Balaban J connectivity index is 2.17. The Morgan fingerprint density at radius 3 is 2.78 bits per heavy atom. The molecule has 7 heteroatoms. The van der Waals surface area contributed by atoms with E-state index in [0.717, 1.165) is 11.3 Å². The van der Waals surface area contributed by atoms with Gasteiger partial charge in [-0.2, -0.15) is 4.68 Å². The highest BCUT2D eigenvalue weighted by molar-refractivity contribution is 5.66. The SMILES string of the molecule is COC(=O)NCc1nnnn1-c1ccc(C)cc1. The minimum Gasteiger partial charge on any atom is -0.453 e. The molecular formula is C11H13N5O2. The number of carbonyl (C=O) groups is 1. The molecule has 0 saturated carbocycles. The van der Waals surface area contributed by atoms with Crippen LogP contribution in [0.2, 0.25) is 0 Å². The average Bonchev–Trinajstić information content (AvgIpc) is 2.85. The normalized spacial score (nSPS) is 10.1. The van der Waals surface area contributed by atoms with Gasteiger partial charge in [0.2, 0.25) is 0 Å². The highest BCUT2D eigenvalue weighted by atomic mass is 16.5. The van der Waals surface area contributed by atoms with Crippen LogP contribution in [0.4, 0.5) is 4.79 Å². The van der Waals surface area contributed by atoms with Crippen LogP contribution in [0.25, 0.3) is 5.69 Å². The van der Waals surface area contributed by atoms with Crippen molar-refractivity contribution < 1.29 is 9.53 Å². The highest BCUT2D eigenvalue weighted by Crippen LogP contribution is 2.09. The molecule has 1 heterocycles. The average molecular weight is 247 g/mol. The fraction of sp³-hybridized carbons (Fsp3) is 0.273. The summed E-state index contributed by atoms with van der Waals surface area (Å²) in [6.45, 7) is 2.20. The first kappa shape index (κ1) is 12.0. The van der Waals surface area contributed by atoms with Crippen molar-refractivity contribution in [2.24, 2.45) is 0 Å². The number of hydrogen-bond donors (Lipinski definition) is 1. The molecule has 0 saturated heterocycles. The molecule has 2 aromatic rings. The summed E-state index contributed by atoms with van der Waals surface area (Å²) < 4.78 is 6.05. The predicted molar refractivity (Wildman–Crippen MR) is 63.1 cm³/mol. The van der Waals surface area contributed by atoms with Crippen molar-refractivity contribution in [3.8, 4) is 5.69 Å². The number of nitrogens with zero attached hydrogens (tertiary/aromatic N) is 4. The van der Waals surface area contributed by atoms with Crippen LogP contribution in [0, 0.1) is 6.92 Å². The van der Waals surface area contributed by atoms with Crippen molar-refractivity contribution in [1.82, 2.24) is 25.5 Å². The molecule has 1 amide bonds. The van der Waals surface area contributed by atoms with Crippen LogP contribution < -0.4 is 5.32 Å². The lowest BCUT2D eigenvalue weighted by atomic mass is 10.2. The van der Waals surface area contributed by atoms with Crippen LogP contribution in [-0.2, 0) is 11.3 Å². The van der Waals surface area contributed by atoms with Gasteiger partial charge in [0.1, 0.15) is 0 Å². The van der Waals surface area contributed by atoms with E-state index in [9.17, 15) is 4.79 Å². The van der Waals surface area contributed by atoms with Gasteiger partial charge < -0.3 is 10.1 Å². The third-order valence-electron chi connectivity index (χ3n) is 2.39. The number of nitrogens with one attached hydrogen (secondary N) is 1. The van der Waals surface area contributed by atoms with Gasteiger partial charge >= 0.3 is 6.09 Å². The van der Waals surface area contributed by atoms with Crippen LogP contribution in [0.5, 0.6) is 0 Å². The van der Waals surface area contributed by atoms with Gasteiger partial charge in [0.15, 0.2) is 5.82 Å². The lowest BCUT2D eigenvalue weighted by Crippen LogP contribution is -2.24. The third-order valence-corrected chi connectivity index (χ3v) is 2.39. The van der Waals surface area contributed by atoms with Crippen LogP contribution in [0.15, 0.2) is 24.3 Å². The predicted octanol–water partition coefficient (Wildman–Crippen LogP) is 0.827. The number of amides is 1. The van der Waals surface area contributed by atoms with Gasteiger partial charge in [-0.05, 0) is 29.5 Å². The first-order chi connectivity index (χ1) is 8.70.